The Labute approximate surface area is 119 Å². The first-order chi connectivity index (χ1) is 9.23. The van der Waals surface area contributed by atoms with Crippen LogP contribution >= 0.6 is 0 Å². The molecule has 2 N–H and O–H groups in total. The Balaban J connectivity index is 3.19. The van der Waals surface area contributed by atoms with Gasteiger partial charge in [-0.1, -0.05) is 12.8 Å². The molecule has 110 valence electrons. The van der Waals surface area contributed by atoms with Crippen molar-refractivity contribution in [2.75, 3.05) is 13.1 Å². The van der Waals surface area contributed by atoms with Gasteiger partial charge in [0.15, 0.2) is 0 Å². The second-order valence-corrected chi connectivity index (χ2v) is 7.56. The Hall–Kier alpha value is -1.40. The third kappa shape index (κ3) is 3.80. The Morgan fingerprint density at radius 1 is 1.15 bits per heavy atom. The second-order valence-electron chi connectivity index (χ2n) is 4.06. The minimum absolute atomic E-state index is 0.0198. The number of hydrogen-bond donors (Lipinski definition) is 1. The number of sulfonamides is 2. The summed E-state index contributed by atoms with van der Waals surface area (Å²) in [6.45, 7) is 2.10. The predicted octanol–water partition coefficient (Wildman–Crippen LogP) is 0.368. The summed E-state index contributed by atoms with van der Waals surface area (Å²) in [6.07, 6.45) is 5.78. The van der Waals surface area contributed by atoms with E-state index in [4.69, 9.17) is 11.6 Å². The summed E-state index contributed by atoms with van der Waals surface area (Å²) >= 11 is 0. The molecule has 6 nitrogen and oxygen atoms in total. The van der Waals surface area contributed by atoms with Crippen LogP contribution < -0.4 is 5.14 Å². The lowest BCUT2D eigenvalue weighted by molar-refractivity contribution is 0.445. The smallest absolute Gasteiger partial charge is 0.225 e. The molecule has 0 aliphatic heterocycles. The topological polar surface area (TPSA) is 97.5 Å². The Kier molecular flexibility index (Phi) is 5.30. The number of nitrogens with zero attached hydrogens (tertiary/aromatic N) is 1. The van der Waals surface area contributed by atoms with E-state index < -0.39 is 20.0 Å². The van der Waals surface area contributed by atoms with E-state index in [9.17, 15) is 16.8 Å². The van der Waals surface area contributed by atoms with Crippen LogP contribution in [0.3, 0.4) is 0 Å². The van der Waals surface area contributed by atoms with Gasteiger partial charge < -0.3 is 0 Å². The van der Waals surface area contributed by atoms with Gasteiger partial charge >= 0.3 is 0 Å². The first kappa shape index (κ1) is 16.7. The zero-order valence-electron chi connectivity index (χ0n) is 11.0. The third-order valence-corrected chi connectivity index (χ3v) is 5.32. The standard InChI is InChI=1S/C12H16N2O4S2/c1-3-9-14(10-4-2)20(17,18)12-7-5-11(6-8-12)19(13,15)16/h1,5-8H,4,9-10H2,2H3,(H2,13,15,16). The molecule has 8 heteroatoms. The lowest BCUT2D eigenvalue weighted by atomic mass is 10.4. The van der Waals surface area contributed by atoms with Gasteiger partial charge in [0.2, 0.25) is 20.0 Å². The van der Waals surface area contributed by atoms with Gasteiger partial charge in [-0.3, -0.25) is 0 Å². The van der Waals surface area contributed by atoms with E-state index in [2.05, 4.69) is 5.92 Å². The van der Waals surface area contributed by atoms with Crippen molar-refractivity contribution < 1.29 is 16.8 Å². The normalized spacial score (nSPS) is 12.3. The number of primary sulfonamides is 1. The Bertz CT molecular complexity index is 701. The molecular formula is C12H16N2O4S2. The van der Waals surface area contributed by atoms with Gasteiger partial charge in [0.1, 0.15) is 0 Å². The van der Waals surface area contributed by atoms with Crippen LogP contribution in [0, 0.1) is 12.3 Å². The van der Waals surface area contributed by atoms with E-state index >= 15 is 0 Å². The van der Waals surface area contributed by atoms with Crippen molar-refractivity contribution in [2.45, 2.75) is 23.1 Å². The summed E-state index contributed by atoms with van der Waals surface area (Å²) in [6, 6.07) is 4.72. The fourth-order valence-corrected chi connectivity index (χ4v) is 3.55. The van der Waals surface area contributed by atoms with Crippen LogP contribution in [0.15, 0.2) is 34.1 Å². The maximum atomic E-state index is 12.3. The fourth-order valence-electron chi connectivity index (χ4n) is 1.59. The fraction of sp³-hybridized carbons (Fsp3) is 0.333. The van der Waals surface area contributed by atoms with Crippen molar-refractivity contribution in [3.05, 3.63) is 24.3 Å². The van der Waals surface area contributed by atoms with Crippen LogP contribution in [-0.2, 0) is 20.0 Å². The van der Waals surface area contributed by atoms with Gasteiger partial charge in [-0.05, 0) is 30.7 Å². The second kappa shape index (κ2) is 6.37. The molecule has 0 saturated heterocycles. The molecule has 0 aliphatic rings. The number of nitrogens with two attached hydrogens (primary N) is 1. The highest BCUT2D eigenvalue weighted by atomic mass is 32.2. The van der Waals surface area contributed by atoms with Crippen molar-refractivity contribution >= 4 is 20.0 Å². The predicted molar refractivity (Wildman–Crippen MR) is 75.7 cm³/mol. The molecule has 0 bridgehead atoms. The van der Waals surface area contributed by atoms with Crippen molar-refractivity contribution in [1.29, 1.82) is 0 Å². The van der Waals surface area contributed by atoms with E-state index in [1.807, 2.05) is 6.92 Å². The zero-order chi connectivity index (χ0) is 15.4. The molecule has 0 spiro atoms. The summed E-state index contributed by atoms with van der Waals surface area (Å²) in [7, 11) is -7.58. The summed E-state index contributed by atoms with van der Waals surface area (Å²) < 4.78 is 48.1. The van der Waals surface area contributed by atoms with E-state index in [0.29, 0.717) is 13.0 Å². The van der Waals surface area contributed by atoms with E-state index in [-0.39, 0.29) is 16.3 Å². The zero-order valence-corrected chi connectivity index (χ0v) is 12.6. The molecule has 0 amide bonds. The van der Waals surface area contributed by atoms with Gasteiger partial charge in [0.25, 0.3) is 0 Å². The van der Waals surface area contributed by atoms with Crippen LogP contribution in [0.25, 0.3) is 0 Å². The van der Waals surface area contributed by atoms with Crippen molar-refractivity contribution in [3.63, 3.8) is 0 Å². The third-order valence-electron chi connectivity index (χ3n) is 2.53. The molecule has 0 saturated carbocycles. The lowest BCUT2D eigenvalue weighted by Crippen LogP contribution is -2.32. The molecule has 0 atom stereocenters. The summed E-state index contributed by atoms with van der Waals surface area (Å²) in [4.78, 5) is -0.163. The molecule has 0 fully saturated rings. The highest BCUT2D eigenvalue weighted by Gasteiger charge is 2.23. The van der Waals surface area contributed by atoms with Crippen LogP contribution in [0.4, 0.5) is 0 Å². The van der Waals surface area contributed by atoms with Gasteiger partial charge in [-0.25, -0.2) is 22.0 Å². The maximum absolute atomic E-state index is 12.3. The van der Waals surface area contributed by atoms with E-state index in [1.54, 1.807) is 0 Å². The monoisotopic (exact) mass is 316 g/mol. The van der Waals surface area contributed by atoms with Crippen molar-refractivity contribution in [3.8, 4) is 12.3 Å². The van der Waals surface area contributed by atoms with Crippen LogP contribution in [0.1, 0.15) is 13.3 Å². The summed E-state index contributed by atoms with van der Waals surface area (Å²) in [5.74, 6) is 2.29. The Morgan fingerprint density at radius 3 is 2.05 bits per heavy atom. The van der Waals surface area contributed by atoms with Crippen LogP contribution in [-0.4, -0.2) is 34.2 Å². The number of terminal acetylenes is 1. The van der Waals surface area contributed by atoms with Crippen LogP contribution in [0.2, 0.25) is 0 Å². The first-order valence-electron chi connectivity index (χ1n) is 5.80. The summed E-state index contributed by atoms with van der Waals surface area (Å²) in [5, 5.41) is 4.96. The minimum Gasteiger partial charge on any atom is -0.225 e. The van der Waals surface area contributed by atoms with Gasteiger partial charge in [-0.15, -0.1) is 6.42 Å². The molecule has 1 aromatic carbocycles. The average Bonchev–Trinajstić information content (AvgIpc) is 2.37. The van der Waals surface area contributed by atoms with Gasteiger partial charge in [0.05, 0.1) is 16.3 Å². The van der Waals surface area contributed by atoms with Crippen molar-refractivity contribution in [1.82, 2.24) is 4.31 Å². The SMILES string of the molecule is C#CCN(CCC)S(=O)(=O)c1ccc(S(N)(=O)=O)cc1. The molecule has 20 heavy (non-hydrogen) atoms. The molecule has 0 aliphatic carbocycles. The number of rotatable bonds is 6. The quantitative estimate of drug-likeness (QED) is 0.767. The van der Waals surface area contributed by atoms with Crippen LogP contribution in [0.5, 0.6) is 0 Å². The molecule has 1 rings (SSSR count). The van der Waals surface area contributed by atoms with Crippen molar-refractivity contribution in [2.24, 2.45) is 5.14 Å². The molecule has 0 aromatic heterocycles. The molecule has 0 unspecified atom stereocenters. The number of benzene rings is 1. The summed E-state index contributed by atoms with van der Waals surface area (Å²) in [5.41, 5.74) is 0. The largest absolute Gasteiger partial charge is 0.243 e. The minimum atomic E-state index is -3.85. The molecule has 0 radical (unpaired) electrons. The van der Waals surface area contributed by atoms with E-state index in [1.165, 1.54) is 16.4 Å². The molecular weight excluding hydrogens is 300 g/mol. The first-order valence-corrected chi connectivity index (χ1v) is 8.78. The highest BCUT2D eigenvalue weighted by Crippen LogP contribution is 2.18. The molecule has 0 heterocycles. The lowest BCUT2D eigenvalue weighted by Gasteiger charge is -2.19. The molecule has 1 aromatic rings. The number of hydrogen-bond acceptors (Lipinski definition) is 4. The van der Waals surface area contributed by atoms with Gasteiger partial charge in [-0.2, -0.15) is 4.31 Å². The maximum Gasteiger partial charge on any atom is 0.243 e. The highest BCUT2D eigenvalue weighted by molar-refractivity contribution is 7.89. The van der Waals surface area contributed by atoms with E-state index in [0.717, 1.165) is 12.1 Å². The van der Waals surface area contributed by atoms with Gasteiger partial charge in [0, 0.05) is 6.54 Å². The Morgan fingerprint density at radius 2 is 1.65 bits per heavy atom. The average molecular weight is 316 g/mol.